The third-order valence-corrected chi connectivity index (χ3v) is 5.32. The molecule has 2 saturated heterocycles. The van der Waals surface area contributed by atoms with Crippen molar-refractivity contribution >= 4 is 18.0 Å². The fourth-order valence-corrected chi connectivity index (χ4v) is 4.16. The van der Waals surface area contributed by atoms with Crippen LogP contribution in [0.25, 0.3) is 0 Å². The van der Waals surface area contributed by atoms with Gasteiger partial charge in [-0.3, -0.25) is 9.63 Å². The van der Waals surface area contributed by atoms with Gasteiger partial charge in [-0.05, 0) is 74.7 Å². The van der Waals surface area contributed by atoms with Gasteiger partial charge < -0.3 is 9.47 Å². The van der Waals surface area contributed by atoms with E-state index in [2.05, 4.69) is 27.7 Å². The van der Waals surface area contributed by atoms with Crippen LogP contribution >= 0.6 is 0 Å². The number of nitrogens with zero attached hydrogens (tertiary/aromatic N) is 2. The van der Waals surface area contributed by atoms with Gasteiger partial charge in [-0.2, -0.15) is 5.06 Å². The highest BCUT2D eigenvalue weighted by Crippen LogP contribution is 2.40. The van der Waals surface area contributed by atoms with E-state index in [9.17, 15) is 14.4 Å². The van der Waals surface area contributed by atoms with E-state index in [1.807, 2.05) is 5.06 Å². The highest BCUT2D eigenvalue weighted by molar-refractivity contribution is 6.01. The van der Waals surface area contributed by atoms with Crippen LogP contribution in [-0.4, -0.2) is 63.4 Å². The quantitative estimate of drug-likeness (QED) is 0.654. The van der Waals surface area contributed by atoms with Gasteiger partial charge in [0.15, 0.2) is 6.10 Å². The number of amides is 2. The van der Waals surface area contributed by atoms with Crippen molar-refractivity contribution in [2.45, 2.75) is 110 Å². The highest BCUT2D eigenvalue weighted by Gasteiger charge is 2.53. The first kappa shape index (κ1) is 23.6. The minimum atomic E-state index is -1.06. The summed E-state index contributed by atoms with van der Waals surface area (Å²) in [6.45, 7) is 15.2. The molecule has 0 bridgehead atoms. The van der Waals surface area contributed by atoms with Gasteiger partial charge in [-0.1, -0.05) is 0 Å². The van der Waals surface area contributed by atoms with Crippen LogP contribution in [0.2, 0.25) is 0 Å². The average Bonchev–Trinajstić information content (AvgIpc) is 2.86. The molecule has 8 heteroatoms. The maximum Gasteiger partial charge on any atom is 0.417 e. The average molecular weight is 413 g/mol. The summed E-state index contributed by atoms with van der Waals surface area (Å²) in [4.78, 5) is 45.3. The summed E-state index contributed by atoms with van der Waals surface area (Å²) in [7, 11) is 0. The molecule has 166 valence electrons. The molecule has 2 rings (SSSR count). The van der Waals surface area contributed by atoms with Crippen LogP contribution in [0.5, 0.6) is 0 Å². The predicted molar refractivity (Wildman–Crippen MR) is 107 cm³/mol. The Kier molecular flexibility index (Phi) is 6.69. The van der Waals surface area contributed by atoms with Crippen LogP contribution < -0.4 is 0 Å². The molecule has 29 heavy (non-hydrogen) atoms. The van der Waals surface area contributed by atoms with Gasteiger partial charge >= 0.3 is 12.1 Å². The molecule has 0 aromatic carbocycles. The Balaban J connectivity index is 2.28. The van der Waals surface area contributed by atoms with E-state index in [0.29, 0.717) is 0 Å². The van der Waals surface area contributed by atoms with Crippen LogP contribution in [0.15, 0.2) is 0 Å². The van der Waals surface area contributed by atoms with Crippen molar-refractivity contribution in [1.29, 1.82) is 0 Å². The summed E-state index contributed by atoms with van der Waals surface area (Å²) in [6.07, 6.45) is 1.15. The molecule has 0 saturated carbocycles. The smallest absolute Gasteiger partial charge is 0.417 e. The lowest BCUT2D eigenvalue weighted by Crippen LogP contribution is -2.59. The monoisotopic (exact) mass is 412 g/mol. The standard InChI is InChI=1S/C21H36N2O6/c1-9-27-17(25)14-13-15(16(24)22(14)18(26)28-19(2,3)4)29-23-20(5,6)11-10-12-21(23,7)8/h14-15H,9-13H2,1-8H3/t14-,15-/m0/s1. The molecule has 0 spiro atoms. The molecular formula is C21H36N2O6. The van der Waals surface area contributed by atoms with E-state index in [1.165, 1.54) is 0 Å². The minimum Gasteiger partial charge on any atom is -0.464 e. The third kappa shape index (κ3) is 5.28. The number of rotatable bonds is 4. The maximum atomic E-state index is 13.1. The fraction of sp³-hybridized carbons (Fsp3) is 0.857. The Morgan fingerprint density at radius 3 is 2.14 bits per heavy atom. The largest absolute Gasteiger partial charge is 0.464 e. The second-order valence-electron chi connectivity index (χ2n) is 10.1. The maximum absolute atomic E-state index is 13.1. The Morgan fingerprint density at radius 1 is 1.10 bits per heavy atom. The summed E-state index contributed by atoms with van der Waals surface area (Å²) in [5, 5.41) is 1.87. The number of ether oxygens (including phenoxy) is 2. The number of esters is 1. The van der Waals surface area contributed by atoms with Crippen molar-refractivity contribution in [3.8, 4) is 0 Å². The van der Waals surface area contributed by atoms with Gasteiger partial charge in [-0.25, -0.2) is 14.5 Å². The van der Waals surface area contributed by atoms with Crippen molar-refractivity contribution in [2.75, 3.05) is 6.61 Å². The first-order chi connectivity index (χ1) is 13.2. The van der Waals surface area contributed by atoms with Crippen molar-refractivity contribution in [3.05, 3.63) is 0 Å². The van der Waals surface area contributed by atoms with Gasteiger partial charge in [0.2, 0.25) is 0 Å². The Bertz CT molecular complexity index is 636. The zero-order valence-corrected chi connectivity index (χ0v) is 19.0. The molecule has 2 aliphatic rings. The van der Waals surface area contributed by atoms with E-state index >= 15 is 0 Å². The summed E-state index contributed by atoms with van der Waals surface area (Å²) in [6, 6.07) is -1.06. The number of piperidine rings is 1. The van der Waals surface area contributed by atoms with Crippen LogP contribution in [0, 0.1) is 0 Å². The van der Waals surface area contributed by atoms with E-state index in [4.69, 9.17) is 14.3 Å². The van der Waals surface area contributed by atoms with Crippen molar-refractivity contribution in [1.82, 2.24) is 9.96 Å². The highest BCUT2D eigenvalue weighted by atomic mass is 16.7. The van der Waals surface area contributed by atoms with Gasteiger partial charge in [0.05, 0.1) is 6.61 Å². The number of hydrogen-bond donors (Lipinski definition) is 0. The van der Waals surface area contributed by atoms with Crippen LogP contribution in [-0.2, 0) is 23.9 Å². The second-order valence-corrected chi connectivity index (χ2v) is 10.1. The molecule has 2 heterocycles. The molecule has 0 unspecified atom stereocenters. The molecule has 0 radical (unpaired) electrons. The molecule has 2 amide bonds. The van der Waals surface area contributed by atoms with Crippen LogP contribution in [0.1, 0.15) is 81.1 Å². The zero-order valence-electron chi connectivity index (χ0n) is 19.0. The summed E-state index contributed by atoms with van der Waals surface area (Å²) >= 11 is 0. The molecule has 2 fully saturated rings. The Labute approximate surface area is 173 Å². The molecule has 0 N–H and O–H groups in total. The third-order valence-electron chi connectivity index (χ3n) is 5.32. The Hall–Kier alpha value is -1.67. The summed E-state index contributed by atoms with van der Waals surface area (Å²) < 4.78 is 10.5. The molecule has 0 aromatic rings. The van der Waals surface area contributed by atoms with Gasteiger partial charge in [0.25, 0.3) is 5.91 Å². The predicted octanol–water partition coefficient (Wildman–Crippen LogP) is 3.43. The van der Waals surface area contributed by atoms with Crippen LogP contribution in [0.4, 0.5) is 4.79 Å². The number of hydroxylamine groups is 2. The molecule has 2 atom stereocenters. The zero-order chi connectivity index (χ0) is 22.2. The van der Waals surface area contributed by atoms with Gasteiger partial charge in [-0.15, -0.1) is 0 Å². The van der Waals surface area contributed by atoms with Crippen molar-refractivity contribution in [3.63, 3.8) is 0 Å². The summed E-state index contributed by atoms with van der Waals surface area (Å²) in [5.41, 5.74) is -1.35. The van der Waals surface area contributed by atoms with Crippen molar-refractivity contribution in [2.24, 2.45) is 0 Å². The van der Waals surface area contributed by atoms with Crippen LogP contribution in [0.3, 0.4) is 0 Å². The topological polar surface area (TPSA) is 85.4 Å². The van der Waals surface area contributed by atoms with Crippen molar-refractivity contribution < 1.29 is 28.7 Å². The number of carbonyl (C=O) groups is 3. The fourth-order valence-electron chi connectivity index (χ4n) is 4.16. The lowest BCUT2D eigenvalue weighted by atomic mass is 9.82. The second kappa shape index (κ2) is 8.22. The van der Waals surface area contributed by atoms with E-state index in [-0.39, 0.29) is 24.1 Å². The minimum absolute atomic E-state index is 0.0412. The number of hydrogen-bond acceptors (Lipinski definition) is 7. The normalized spacial score (nSPS) is 27.0. The number of carbonyl (C=O) groups excluding carboxylic acids is 3. The van der Waals surface area contributed by atoms with Gasteiger partial charge in [0.1, 0.15) is 11.6 Å². The molecule has 0 aromatic heterocycles. The molecule has 2 aliphatic heterocycles. The lowest BCUT2D eigenvalue weighted by Gasteiger charge is -2.51. The van der Waals surface area contributed by atoms with E-state index in [0.717, 1.165) is 24.2 Å². The van der Waals surface area contributed by atoms with Gasteiger partial charge in [0, 0.05) is 17.5 Å². The SMILES string of the molecule is CCOC(=O)[C@@H]1C[C@H](ON2C(C)(C)CCCC2(C)C)C(=O)N1C(=O)OC(C)(C)C. The van der Waals surface area contributed by atoms with E-state index in [1.54, 1.807) is 27.7 Å². The Morgan fingerprint density at radius 2 is 1.66 bits per heavy atom. The number of imide groups is 1. The number of likely N-dealkylation sites (tertiary alicyclic amines) is 1. The first-order valence-electron chi connectivity index (χ1n) is 10.4. The molecular weight excluding hydrogens is 376 g/mol. The molecule has 0 aliphatic carbocycles. The van der Waals surface area contributed by atoms with E-state index < -0.39 is 35.7 Å². The first-order valence-corrected chi connectivity index (χ1v) is 10.4. The summed E-state index contributed by atoms with van der Waals surface area (Å²) in [5.74, 6) is -1.20. The molecule has 8 nitrogen and oxygen atoms in total. The lowest BCUT2D eigenvalue weighted by molar-refractivity contribution is -0.297.